The predicted octanol–water partition coefficient (Wildman–Crippen LogP) is 1.16. The van der Waals surface area contributed by atoms with Crippen LogP contribution < -0.4 is 5.32 Å². The van der Waals surface area contributed by atoms with Gasteiger partial charge in [0.2, 0.25) is 0 Å². The number of hydrogen-bond donors (Lipinski definition) is 2. The molecule has 0 radical (unpaired) electrons. The third-order valence-electron chi connectivity index (χ3n) is 2.04. The molecular formula is C10H23NO2. The minimum absolute atomic E-state index is 0.299. The molecular weight excluding hydrogens is 166 g/mol. The summed E-state index contributed by atoms with van der Waals surface area (Å²) in [4.78, 5) is 0. The third-order valence-corrected chi connectivity index (χ3v) is 2.04. The Kier molecular flexibility index (Phi) is 6.29. The van der Waals surface area contributed by atoms with Gasteiger partial charge in [-0.1, -0.05) is 13.3 Å². The molecule has 2 atom stereocenters. The van der Waals surface area contributed by atoms with Crippen LogP contribution in [0.1, 0.15) is 33.6 Å². The molecule has 0 aromatic carbocycles. The van der Waals surface area contributed by atoms with Crippen LogP contribution >= 0.6 is 0 Å². The van der Waals surface area contributed by atoms with Gasteiger partial charge in [-0.3, -0.25) is 0 Å². The second-order valence-corrected chi connectivity index (χ2v) is 3.98. The van der Waals surface area contributed by atoms with Crippen LogP contribution in [0.3, 0.4) is 0 Å². The molecule has 0 aliphatic heterocycles. The Balaban J connectivity index is 3.60. The molecule has 0 spiro atoms. The van der Waals surface area contributed by atoms with Crippen molar-refractivity contribution in [3.63, 3.8) is 0 Å². The Morgan fingerprint density at radius 1 is 1.54 bits per heavy atom. The summed E-state index contributed by atoms with van der Waals surface area (Å²) in [7, 11) is 1.68. The fourth-order valence-corrected chi connectivity index (χ4v) is 1.33. The highest BCUT2D eigenvalue weighted by atomic mass is 16.5. The van der Waals surface area contributed by atoms with Crippen LogP contribution in [0.5, 0.6) is 0 Å². The molecule has 13 heavy (non-hydrogen) atoms. The highest BCUT2D eigenvalue weighted by Crippen LogP contribution is 2.10. The lowest BCUT2D eigenvalue weighted by Gasteiger charge is -2.25. The molecule has 0 amide bonds. The highest BCUT2D eigenvalue weighted by molar-refractivity contribution is 4.76. The maximum Gasteiger partial charge on any atom is 0.0743 e. The maximum atomic E-state index is 9.83. The molecule has 0 saturated carbocycles. The Labute approximate surface area is 81.5 Å². The van der Waals surface area contributed by atoms with E-state index < -0.39 is 5.60 Å². The monoisotopic (exact) mass is 189 g/mol. The van der Waals surface area contributed by atoms with E-state index in [2.05, 4.69) is 12.2 Å². The number of aliphatic hydroxyl groups is 1. The van der Waals surface area contributed by atoms with Crippen molar-refractivity contribution in [2.75, 3.05) is 20.3 Å². The van der Waals surface area contributed by atoms with Crippen molar-refractivity contribution in [2.24, 2.45) is 0 Å². The number of nitrogens with one attached hydrogen (secondary N) is 1. The first-order valence-electron chi connectivity index (χ1n) is 4.96. The van der Waals surface area contributed by atoms with Crippen LogP contribution in [0.15, 0.2) is 0 Å². The molecule has 0 bridgehead atoms. The Morgan fingerprint density at radius 3 is 2.62 bits per heavy atom. The van der Waals surface area contributed by atoms with E-state index in [9.17, 15) is 5.11 Å². The molecule has 80 valence electrons. The molecule has 2 N–H and O–H groups in total. The number of rotatable bonds is 7. The lowest BCUT2D eigenvalue weighted by molar-refractivity contribution is 0.0439. The van der Waals surface area contributed by atoms with E-state index in [0.717, 1.165) is 12.8 Å². The topological polar surface area (TPSA) is 41.5 Å². The summed E-state index contributed by atoms with van der Waals surface area (Å²) in [5.74, 6) is 0. The summed E-state index contributed by atoms with van der Waals surface area (Å²) in [6.07, 6.45) is 1.84. The van der Waals surface area contributed by atoms with Crippen LogP contribution in [0.25, 0.3) is 0 Å². The van der Waals surface area contributed by atoms with Gasteiger partial charge in [-0.25, -0.2) is 0 Å². The summed E-state index contributed by atoms with van der Waals surface area (Å²) in [5, 5.41) is 13.1. The lowest BCUT2D eigenvalue weighted by Crippen LogP contribution is -2.42. The van der Waals surface area contributed by atoms with Crippen molar-refractivity contribution in [2.45, 2.75) is 45.3 Å². The van der Waals surface area contributed by atoms with Gasteiger partial charge < -0.3 is 15.2 Å². The number of hydrogen-bond acceptors (Lipinski definition) is 3. The van der Waals surface area contributed by atoms with Gasteiger partial charge in [0.25, 0.3) is 0 Å². The van der Waals surface area contributed by atoms with E-state index in [1.54, 1.807) is 7.11 Å². The zero-order valence-electron chi connectivity index (χ0n) is 9.26. The minimum atomic E-state index is -0.587. The lowest BCUT2D eigenvalue weighted by atomic mass is 10.0. The molecule has 2 unspecified atom stereocenters. The number of ether oxygens (including phenoxy) is 1. The molecule has 0 aliphatic carbocycles. The largest absolute Gasteiger partial charge is 0.389 e. The van der Waals surface area contributed by atoms with Gasteiger partial charge in [-0.05, 0) is 20.3 Å². The zero-order valence-corrected chi connectivity index (χ0v) is 9.26. The van der Waals surface area contributed by atoms with Crippen LogP contribution in [0, 0.1) is 0 Å². The molecule has 0 saturated heterocycles. The SMILES string of the molecule is CCCC(C)(O)CNC(C)COC. The van der Waals surface area contributed by atoms with E-state index >= 15 is 0 Å². The third kappa shape index (κ3) is 6.99. The van der Waals surface area contributed by atoms with Crippen LogP contribution in [-0.2, 0) is 4.74 Å². The van der Waals surface area contributed by atoms with E-state index in [4.69, 9.17) is 4.74 Å². The second kappa shape index (κ2) is 6.35. The molecule has 0 rings (SSSR count). The standard InChI is InChI=1S/C10H23NO2/c1-5-6-10(3,12)8-11-9(2)7-13-4/h9,11-12H,5-8H2,1-4H3. The molecule has 3 heteroatoms. The summed E-state index contributed by atoms with van der Waals surface area (Å²) >= 11 is 0. The average molecular weight is 189 g/mol. The number of methoxy groups -OCH3 is 1. The summed E-state index contributed by atoms with van der Waals surface area (Å²) < 4.78 is 4.98. The van der Waals surface area contributed by atoms with Crippen LogP contribution in [0.2, 0.25) is 0 Å². The first-order valence-corrected chi connectivity index (χ1v) is 4.96. The van der Waals surface area contributed by atoms with Gasteiger partial charge in [0.1, 0.15) is 0 Å². The Hall–Kier alpha value is -0.120. The van der Waals surface area contributed by atoms with Gasteiger partial charge in [-0.2, -0.15) is 0 Å². The smallest absolute Gasteiger partial charge is 0.0743 e. The van der Waals surface area contributed by atoms with Crippen LogP contribution in [-0.4, -0.2) is 37.0 Å². The quantitative estimate of drug-likeness (QED) is 0.631. The molecule has 3 nitrogen and oxygen atoms in total. The zero-order chi connectivity index (χ0) is 10.3. The minimum Gasteiger partial charge on any atom is -0.389 e. The maximum absolute atomic E-state index is 9.83. The van der Waals surface area contributed by atoms with Crippen molar-refractivity contribution in [1.82, 2.24) is 5.32 Å². The molecule has 0 heterocycles. The molecule has 0 aromatic heterocycles. The summed E-state index contributed by atoms with van der Waals surface area (Å²) in [5.41, 5.74) is -0.587. The van der Waals surface area contributed by atoms with Crippen molar-refractivity contribution in [1.29, 1.82) is 0 Å². The first-order chi connectivity index (χ1) is 6.02. The summed E-state index contributed by atoms with van der Waals surface area (Å²) in [6.45, 7) is 7.30. The molecule has 0 aliphatic rings. The van der Waals surface area contributed by atoms with E-state index in [0.29, 0.717) is 19.2 Å². The molecule has 0 aromatic rings. The first kappa shape index (κ1) is 12.9. The van der Waals surface area contributed by atoms with Gasteiger partial charge in [0.05, 0.1) is 12.2 Å². The normalized spacial score (nSPS) is 18.2. The second-order valence-electron chi connectivity index (χ2n) is 3.98. The Bertz CT molecular complexity index is 126. The van der Waals surface area contributed by atoms with Crippen molar-refractivity contribution < 1.29 is 9.84 Å². The van der Waals surface area contributed by atoms with E-state index in [1.807, 2.05) is 13.8 Å². The van der Waals surface area contributed by atoms with Crippen molar-refractivity contribution in [3.05, 3.63) is 0 Å². The van der Waals surface area contributed by atoms with Gasteiger partial charge in [0.15, 0.2) is 0 Å². The fourth-order valence-electron chi connectivity index (χ4n) is 1.33. The average Bonchev–Trinajstić information content (AvgIpc) is 2.02. The van der Waals surface area contributed by atoms with Gasteiger partial charge in [0, 0.05) is 19.7 Å². The fraction of sp³-hybridized carbons (Fsp3) is 1.00. The van der Waals surface area contributed by atoms with Crippen molar-refractivity contribution in [3.8, 4) is 0 Å². The van der Waals surface area contributed by atoms with E-state index in [-0.39, 0.29) is 0 Å². The van der Waals surface area contributed by atoms with Crippen LogP contribution in [0.4, 0.5) is 0 Å². The molecule has 0 fully saturated rings. The summed E-state index contributed by atoms with van der Waals surface area (Å²) in [6, 6.07) is 0.299. The van der Waals surface area contributed by atoms with E-state index in [1.165, 1.54) is 0 Å². The Morgan fingerprint density at radius 2 is 2.15 bits per heavy atom. The predicted molar refractivity (Wildman–Crippen MR) is 54.9 cm³/mol. The highest BCUT2D eigenvalue weighted by Gasteiger charge is 2.19. The van der Waals surface area contributed by atoms with Gasteiger partial charge >= 0.3 is 0 Å². The van der Waals surface area contributed by atoms with Crippen molar-refractivity contribution >= 4 is 0 Å². The van der Waals surface area contributed by atoms with Gasteiger partial charge in [-0.15, -0.1) is 0 Å².